The van der Waals surface area contributed by atoms with Crippen molar-refractivity contribution in [3.05, 3.63) is 59.2 Å². The lowest BCUT2D eigenvalue weighted by atomic mass is 9.87. The van der Waals surface area contributed by atoms with Crippen LogP contribution in [0.25, 0.3) is 0 Å². The van der Waals surface area contributed by atoms with Gasteiger partial charge in [0.15, 0.2) is 0 Å². The van der Waals surface area contributed by atoms with Gasteiger partial charge in [-0.25, -0.2) is 0 Å². The Kier molecular flexibility index (Phi) is 5.41. The average Bonchev–Trinajstić information content (AvgIpc) is 2.67. The Hall–Kier alpha value is -3.33. The number of benzene rings is 2. The largest absolute Gasteiger partial charge is 0.490 e. The van der Waals surface area contributed by atoms with Crippen LogP contribution >= 0.6 is 0 Å². The van der Waals surface area contributed by atoms with Crippen LogP contribution in [-0.4, -0.2) is 23.1 Å². The number of carboxylic acid groups (broad SMARTS) is 1. The highest BCUT2D eigenvalue weighted by molar-refractivity contribution is 6.04. The summed E-state index contributed by atoms with van der Waals surface area (Å²) < 4.78 is 6.00. The summed E-state index contributed by atoms with van der Waals surface area (Å²) in [4.78, 5) is 23.4. The molecule has 138 valence electrons. The first-order valence-corrected chi connectivity index (χ1v) is 8.83. The number of carboxylic acids is 1. The first-order chi connectivity index (χ1) is 13.0. The molecule has 2 aromatic rings. The van der Waals surface area contributed by atoms with E-state index in [9.17, 15) is 9.59 Å². The molecule has 1 aliphatic rings. The molecule has 27 heavy (non-hydrogen) atoms. The van der Waals surface area contributed by atoms with Gasteiger partial charge in [0, 0.05) is 23.2 Å². The van der Waals surface area contributed by atoms with Gasteiger partial charge in [0.05, 0.1) is 18.1 Å². The van der Waals surface area contributed by atoms with Crippen molar-refractivity contribution in [2.24, 2.45) is 5.92 Å². The van der Waals surface area contributed by atoms with Crippen LogP contribution in [0.2, 0.25) is 0 Å². The molecule has 1 aliphatic heterocycles. The summed E-state index contributed by atoms with van der Waals surface area (Å²) in [6, 6.07) is 13.8. The molecule has 3 rings (SSSR count). The number of anilines is 1. The molecular formula is C21H20N2O4. The Morgan fingerprint density at radius 3 is 2.63 bits per heavy atom. The Labute approximate surface area is 157 Å². The number of carbonyl (C=O) groups excluding carboxylic acids is 1. The molecule has 0 aliphatic carbocycles. The molecule has 2 unspecified atom stereocenters. The van der Waals surface area contributed by atoms with Crippen LogP contribution in [-0.2, 0) is 11.2 Å². The van der Waals surface area contributed by atoms with Gasteiger partial charge >= 0.3 is 5.97 Å². The van der Waals surface area contributed by atoms with E-state index in [0.29, 0.717) is 29.0 Å². The molecule has 2 atom stereocenters. The third-order valence-corrected chi connectivity index (χ3v) is 4.73. The highest BCUT2D eigenvalue weighted by Crippen LogP contribution is 2.35. The second kappa shape index (κ2) is 7.92. The van der Waals surface area contributed by atoms with Crippen LogP contribution < -0.4 is 10.1 Å². The van der Waals surface area contributed by atoms with E-state index in [-0.39, 0.29) is 24.3 Å². The number of nitrogens with zero attached hydrogens (tertiary/aromatic N) is 1. The summed E-state index contributed by atoms with van der Waals surface area (Å²) in [6.45, 7) is 1.97. The predicted octanol–water partition coefficient (Wildman–Crippen LogP) is 3.61. The normalized spacial score (nSPS) is 17.9. The quantitative estimate of drug-likeness (QED) is 0.844. The fourth-order valence-electron chi connectivity index (χ4n) is 3.33. The number of ether oxygens (including phenoxy) is 1. The zero-order valence-corrected chi connectivity index (χ0v) is 14.9. The molecule has 2 aromatic carbocycles. The van der Waals surface area contributed by atoms with E-state index in [2.05, 4.69) is 5.32 Å². The van der Waals surface area contributed by atoms with Crippen molar-refractivity contribution in [1.29, 1.82) is 5.26 Å². The van der Waals surface area contributed by atoms with Crippen molar-refractivity contribution in [2.45, 2.75) is 32.3 Å². The smallest absolute Gasteiger partial charge is 0.303 e. The van der Waals surface area contributed by atoms with Gasteiger partial charge in [-0.05, 0) is 48.7 Å². The summed E-state index contributed by atoms with van der Waals surface area (Å²) in [5, 5.41) is 20.7. The summed E-state index contributed by atoms with van der Waals surface area (Å²) in [7, 11) is 0. The van der Waals surface area contributed by atoms with Crippen LogP contribution in [0.4, 0.5) is 5.69 Å². The van der Waals surface area contributed by atoms with Crippen molar-refractivity contribution in [2.75, 3.05) is 5.32 Å². The zero-order chi connectivity index (χ0) is 19.4. The van der Waals surface area contributed by atoms with E-state index < -0.39 is 5.97 Å². The van der Waals surface area contributed by atoms with Crippen molar-refractivity contribution in [1.82, 2.24) is 0 Å². The molecule has 0 radical (unpaired) electrons. The lowest BCUT2D eigenvalue weighted by Gasteiger charge is -2.32. The average molecular weight is 364 g/mol. The van der Waals surface area contributed by atoms with Crippen molar-refractivity contribution < 1.29 is 19.4 Å². The number of carbonyl (C=O) groups is 2. The first-order valence-electron chi connectivity index (χ1n) is 8.83. The second-order valence-electron chi connectivity index (χ2n) is 6.59. The number of fused-ring (bicyclic) bond motifs is 1. The van der Waals surface area contributed by atoms with Gasteiger partial charge in [-0.3, -0.25) is 9.59 Å². The van der Waals surface area contributed by atoms with E-state index in [1.54, 1.807) is 36.4 Å². The molecule has 6 heteroatoms. The minimum atomic E-state index is -0.822. The van der Waals surface area contributed by atoms with E-state index in [0.717, 1.165) is 12.0 Å². The van der Waals surface area contributed by atoms with E-state index in [4.69, 9.17) is 15.1 Å². The second-order valence-corrected chi connectivity index (χ2v) is 6.59. The van der Waals surface area contributed by atoms with Crippen molar-refractivity contribution >= 4 is 17.6 Å². The van der Waals surface area contributed by atoms with E-state index in [1.807, 2.05) is 19.1 Å². The van der Waals surface area contributed by atoms with Crippen molar-refractivity contribution in [3.8, 4) is 11.8 Å². The maximum absolute atomic E-state index is 12.4. The standard InChI is InChI=1S/C21H20N2O4/c1-2-18-16(10-20(24)25)9-15-7-8-17(11-19(15)27-18)23-21(26)14-5-3-13(12-22)4-6-14/h3-8,11,16,18H,2,9-10H2,1H3,(H,23,26)(H,24,25). The van der Waals surface area contributed by atoms with Crippen LogP contribution in [0, 0.1) is 17.2 Å². The molecule has 0 saturated carbocycles. The third kappa shape index (κ3) is 4.26. The van der Waals surface area contributed by atoms with Crippen LogP contribution in [0.3, 0.4) is 0 Å². The van der Waals surface area contributed by atoms with Gasteiger partial charge in [0.25, 0.3) is 5.91 Å². The Bertz CT molecular complexity index is 899. The summed E-state index contributed by atoms with van der Waals surface area (Å²) in [5.41, 5.74) is 2.51. The van der Waals surface area contributed by atoms with E-state index >= 15 is 0 Å². The highest BCUT2D eigenvalue weighted by atomic mass is 16.5. The number of nitriles is 1. The molecule has 1 heterocycles. The van der Waals surface area contributed by atoms with Crippen molar-refractivity contribution in [3.63, 3.8) is 0 Å². The Morgan fingerprint density at radius 1 is 1.26 bits per heavy atom. The van der Waals surface area contributed by atoms with Gasteiger partial charge in [0.2, 0.25) is 0 Å². The number of hydrogen-bond acceptors (Lipinski definition) is 4. The number of nitrogens with one attached hydrogen (secondary N) is 1. The topological polar surface area (TPSA) is 99.4 Å². The molecular weight excluding hydrogens is 344 g/mol. The molecule has 2 N–H and O–H groups in total. The maximum Gasteiger partial charge on any atom is 0.303 e. The molecule has 0 fully saturated rings. The SMILES string of the molecule is CCC1Oc2cc(NC(=O)c3ccc(C#N)cc3)ccc2CC1CC(=O)O. The monoisotopic (exact) mass is 364 g/mol. The summed E-state index contributed by atoms with van der Waals surface area (Å²) in [6.07, 6.45) is 1.29. The van der Waals surface area contributed by atoms with Crippen LogP contribution in [0.5, 0.6) is 5.75 Å². The number of amides is 1. The van der Waals surface area contributed by atoms with Gasteiger partial charge in [-0.15, -0.1) is 0 Å². The molecule has 0 bridgehead atoms. The minimum Gasteiger partial charge on any atom is -0.490 e. The van der Waals surface area contributed by atoms with Gasteiger partial charge in [0.1, 0.15) is 11.9 Å². The number of rotatable bonds is 5. The third-order valence-electron chi connectivity index (χ3n) is 4.73. The number of hydrogen-bond donors (Lipinski definition) is 2. The molecule has 0 saturated heterocycles. The Morgan fingerprint density at radius 2 is 2.00 bits per heavy atom. The highest BCUT2D eigenvalue weighted by Gasteiger charge is 2.30. The molecule has 0 spiro atoms. The predicted molar refractivity (Wildman–Crippen MR) is 99.7 cm³/mol. The summed E-state index contributed by atoms with van der Waals surface area (Å²) in [5.74, 6) is -0.469. The van der Waals surface area contributed by atoms with Crippen LogP contribution in [0.15, 0.2) is 42.5 Å². The molecule has 1 amide bonds. The fourth-order valence-corrected chi connectivity index (χ4v) is 3.33. The zero-order valence-electron chi connectivity index (χ0n) is 14.9. The number of aliphatic carboxylic acids is 1. The van der Waals surface area contributed by atoms with Gasteiger partial charge in [-0.2, -0.15) is 5.26 Å². The van der Waals surface area contributed by atoms with E-state index in [1.165, 1.54) is 0 Å². The Balaban J connectivity index is 1.75. The summed E-state index contributed by atoms with van der Waals surface area (Å²) >= 11 is 0. The van der Waals surface area contributed by atoms with Gasteiger partial charge in [-0.1, -0.05) is 13.0 Å². The lowest BCUT2D eigenvalue weighted by molar-refractivity contribution is -0.139. The van der Waals surface area contributed by atoms with Gasteiger partial charge < -0.3 is 15.2 Å². The lowest BCUT2D eigenvalue weighted by Crippen LogP contribution is -2.34. The maximum atomic E-state index is 12.4. The molecule has 6 nitrogen and oxygen atoms in total. The molecule has 0 aromatic heterocycles. The first kappa shape index (κ1) is 18.5. The fraction of sp³-hybridized carbons (Fsp3) is 0.286. The van der Waals surface area contributed by atoms with Crippen LogP contribution in [0.1, 0.15) is 41.3 Å². The minimum absolute atomic E-state index is 0.0564.